The highest BCUT2D eigenvalue weighted by Gasteiger charge is 2.10. The van der Waals surface area contributed by atoms with Gasteiger partial charge in [-0.25, -0.2) is 4.79 Å². The number of nitrogens with one attached hydrogen (secondary N) is 2. The lowest BCUT2D eigenvalue weighted by atomic mass is 10.1. The van der Waals surface area contributed by atoms with Gasteiger partial charge in [-0.1, -0.05) is 61.0 Å². The van der Waals surface area contributed by atoms with E-state index in [-0.39, 0.29) is 5.96 Å². The Balaban J connectivity index is 1.75. The molecule has 2 aromatic carbocycles. The third kappa shape index (κ3) is 6.38. The van der Waals surface area contributed by atoms with Crippen molar-refractivity contribution < 1.29 is 9.53 Å². The van der Waals surface area contributed by atoms with Crippen LogP contribution >= 0.6 is 11.6 Å². The fourth-order valence-electron chi connectivity index (χ4n) is 2.30. The molecule has 0 bridgehead atoms. The minimum absolute atomic E-state index is 0.0240. The number of benzene rings is 2. The van der Waals surface area contributed by atoms with Crippen LogP contribution in [0.25, 0.3) is 0 Å². The average Bonchev–Trinajstić information content (AvgIpc) is 2.64. The minimum atomic E-state index is -0.487. The van der Waals surface area contributed by atoms with Crippen molar-refractivity contribution in [3.05, 3.63) is 64.7 Å². The van der Waals surface area contributed by atoms with Gasteiger partial charge in [0.2, 0.25) is 0 Å². The van der Waals surface area contributed by atoms with E-state index < -0.39 is 6.03 Å². The first-order valence-corrected chi connectivity index (χ1v) is 8.75. The number of carbonyl (C=O) groups is 1. The number of ether oxygens (including phenoxy) is 1. The second-order valence-electron chi connectivity index (χ2n) is 5.51. The smallest absolute Gasteiger partial charge is 0.326 e. The van der Waals surface area contributed by atoms with Gasteiger partial charge in [-0.05, 0) is 23.6 Å². The summed E-state index contributed by atoms with van der Waals surface area (Å²) in [5.41, 5.74) is 8.33. The lowest BCUT2D eigenvalue weighted by Crippen LogP contribution is -2.40. The number of nitrogens with two attached hydrogens (primary N) is 1. The van der Waals surface area contributed by atoms with E-state index in [1.807, 2.05) is 49.4 Å². The summed E-state index contributed by atoms with van der Waals surface area (Å²) >= 11 is 6.14. The predicted octanol–water partition coefficient (Wildman–Crippen LogP) is 3.56. The maximum atomic E-state index is 12.0. The number of guanidine groups is 1. The largest absolute Gasteiger partial charge is 0.375 e. The van der Waals surface area contributed by atoms with Crippen LogP contribution in [0.4, 0.5) is 10.5 Å². The fraction of sp³-hybridized carbons (Fsp3) is 0.263. The zero-order valence-corrected chi connectivity index (χ0v) is 15.4. The standard InChI is InChI=1S/C19H23ClN4O2/c1-2-15-9-6-10-16(20)17(15)23-19(25)24-18(21)22-11-12-26-13-14-7-4-3-5-8-14/h3-10H,2,11-13H2,1H3,(H4,21,22,23,24,25). The molecule has 2 rings (SSSR count). The molecule has 0 aliphatic rings. The van der Waals surface area contributed by atoms with E-state index >= 15 is 0 Å². The first-order chi connectivity index (χ1) is 12.6. The molecule has 0 aliphatic carbocycles. The van der Waals surface area contributed by atoms with Crippen LogP contribution in [-0.2, 0) is 17.8 Å². The Kier molecular flexibility index (Phi) is 7.92. The zero-order valence-electron chi connectivity index (χ0n) is 14.7. The quantitative estimate of drug-likeness (QED) is 0.393. The molecule has 0 aliphatic heterocycles. The summed E-state index contributed by atoms with van der Waals surface area (Å²) in [6, 6.07) is 14.8. The van der Waals surface area contributed by atoms with Crippen LogP contribution in [-0.4, -0.2) is 25.1 Å². The lowest BCUT2D eigenvalue weighted by Gasteiger charge is -2.12. The topological polar surface area (TPSA) is 88.7 Å². The van der Waals surface area contributed by atoms with Crippen LogP contribution in [0.1, 0.15) is 18.1 Å². The molecule has 0 atom stereocenters. The first-order valence-electron chi connectivity index (χ1n) is 8.37. The Morgan fingerprint density at radius 1 is 1.19 bits per heavy atom. The molecular formula is C19H23ClN4O2. The van der Waals surface area contributed by atoms with Crippen LogP contribution < -0.4 is 16.4 Å². The molecular weight excluding hydrogens is 352 g/mol. The van der Waals surface area contributed by atoms with Crippen LogP contribution in [0, 0.1) is 0 Å². The van der Waals surface area contributed by atoms with Crippen molar-refractivity contribution in [3.63, 3.8) is 0 Å². The molecule has 26 heavy (non-hydrogen) atoms. The molecule has 0 radical (unpaired) electrons. The number of hydrogen-bond donors (Lipinski definition) is 3. The van der Waals surface area contributed by atoms with Gasteiger partial charge in [0.05, 0.1) is 30.5 Å². The second-order valence-corrected chi connectivity index (χ2v) is 5.92. The van der Waals surface area contributed by atoms with Gasteiger partial charge in [-0.15, -0.1) is 0 Å². The number of nitrogens with zero attached hydrogens (tertiary/aromatic N) is 1. The van der Waals surface area contributed by atoms with E-state index in [1.165, 1.54) is 0 Å². The summed E-state index contributed by atoms with van der Waals surface area (Å²) in [7, 11) is 0. The average molecular weight is 375 g/mol. The van der Waals surface area contributed by atoms with Crippen molar-refractivity contribution in [2.75, 3.05) is 18.5 Å². The summed E-state index contributed by atoms with van der Waals surface area (Å²) < 4.78 is 5.51. The van der Waals surface area contributed by atoms with Crippen molar-refractivity contribution in [1.82, 2.24) is 5.32 Å². The summed E-state index contributed by atoms with van der Waals surface area (Å²) in [5.74, 6) is 0.0240. The van der Waals surface area contributed by atoms with Gasteiger partial charge >= 0.3 is 6.03 Å². The Morgan fingerprint density at radius 2 is 1.96 bits per heavy atom. The zero-order chi connectivity index (χ0) is 18.8. The molecule has 4 N–H and O–H groups in total. The van der Waals surface area contributed by atoms with E-state index in [9.17, 15) is 4.79 Å². The maximum Gasteiger partial charge on any atom is 0.326 e. The highest BCUT2D eigenvalue weighted by molar-refractivity contribution is 6.34. The number of amides is 2. The summed E-state index contributed by atoms with van der Waals surface area (Å²) in [6.07, 6.45) is 0.749. The van der Waals surface area contributed by atoms with Crippen molar-refractivity contribution >= 4 is 29.3 Å². The Morgan fingerprint density at radius 3 is 2.69 bits per heavy atom. The molecule has 0 spiro atoms. The highest BCUT2D eigenvalue weighted by Crippen LogP contribution is 2.26. The van der Waals surface area contributed by atoms with Crippen LogP contribution in [0.3, 0.4) is 0 Å². The van der Waals surface area contributed by atoms with Gasteiger partial charge in [-0.2, -0.15) is 0 Å². The van der Waals surface area contributed by atoms with Crippen molar-refractivity contribution in [1.29, 1.82) is 0 Å². The molecule has 7 heteroatoms. The molecule has 6 nitrogen and oxygen atoms in total. The third-order valence-corrected chi connectivity index (χ3v) is 3.91. The molecule has 2 amide bonds. The number of para-hydroxylation sites is 1. The van der Waals surface area contributed by atoms with Gasteiger partial charge in [-0.3, -0.25) is 10.3 Å². The van der Waals surface area contributed by atoms with Gasteiger partial charge in [0.25, 0.3) is 0 Å². The predicted molar refractivity (Wildman–Crippen MR) is 106 cm³/mol. The van der Waals surface area contributed by atoms with Crippen molar-refractivity contribution in [3.8, 4) is 0 Å². The van der Waals surface area contributed by atoms with Crippen LogP contribution in [0.15, 0.2) is 53.5 Å². The summed E-state index contributed by atoms with van der Waals surface area (Å²) in [5, 5.41) is 5.66. The van der Waals surface area contributed by atoms with E-state index in [2.05, 4.69) is 15.6 Å². The highest BCUT2D eigenvalue weighted by atomic mass is 35.5. The Hall–Kier alpha value is -2.57. The van der Waals surface area contributed by atoms with E-state index in [0.717, 1.165) is 17.5 Å². The first kappa shape index (κ1) is 19.8. The number of halogens is 1. The number of aryl methyl sites for hydroxylation is 1. The van der Waals surface area contributed by atoms with E-state index in [4.69, 9.17) is 22.1 Å². The van der Waals surface area contributed by atoms with Gasteiger partial charge in [0.1, 0.15) is 0 Å². The monoisotopic (exact) mass is 374 g/mol. The molecule has 0 heterocycles. The second kappa shape index (κ2) is 10.4. The number of anilines is 1. The van der Waals surface area contributed by atoms with Crippen LogP contribution in [0.2, 0.25) is 5.02 Å². The van der Waals surface area contributed by atoms with Gasteiger partial charge in [0, 0.05) is 0 Å². The van der Waals surface area contributed by atoms with Gasteiger partial charge < -0.3 is 15.8 Å². The number of rotatable bonds is 7. The molecule has 0 fully saturated rings. The normalized spacial score (nSPS) is 11.2. The number of hydrogen-bond acceptors (Lipinski definition) is 3. The lowest BCUT2D eigenvalue weighted by molar-refractivity contribution is 0.128. The molecule has 0 saturated carbocycles. The molecule has 138 valence electrons. The minimum Gasteiger partial charge on any atom is -0.375 e. The van der Waals surface area contributed by atoms with Gasteiger partial charge in [0.15, 0.2) is 5.96 Å². The maximum absolute atomic E-state index is 12.0. The number of urea groups is 1. The van der Waals surface area contributed by atoms with Crippen molar-refractivity contribution in [2.45, 2.75) is 20.0 Å². The van der Waals surface area contributed by atoms with E-state index in [1.54, 1.807) is 6.07 Å². The SMILES string of the molecule is CCc1cccc(Cl)c1NC(=O)NC(N)=NCCOCc1ccccc1. The third-order valence-electron chi connectivity index (χ3n) is 3.59. The molecule has 0 unspecified atom stereocenters. The summed E-state index contributed by atoms with van der Waals surface area (Å²) in [4.78, 5) is 16.1. The van der Waals surface area contributed by atoms with Crippen LogP contribution in [0.5, 0.6) is 0 Å². The fourth-order valence-corrected chi connectivity index (χ4v) is 2.54. The van der Waals surface area contributed by atoms with Crippen molar-refractivity contribution in [2.24, 2.45) is 10.7 Å². The number of aliphatic imine (C=N–C) groups is 1. The molecule has 2 aromatic rings. The Bertz CT molecular complexity index is 750. The Labute approximate surface area is 158 Å². The summed E-state index contributed by atoms with van der Waals surface area (Å²) in [6.45, 7) is 3.26. The number of carbonyl (C=O) groups excluding carboxylic acids is 1. The van der Waals surface area contributed by atoms with E-state index in [0.29, 0.717) is 30.5 Å². The molecule has 0 saturated heterocycles. The molecule has 0 aromatic heterocycles.